The van der Waals surface area contributed by atoms with Crippen molar-refractivity contribution < 1.29 is 18.7 Å². The van der Waals surface area contributed by atoms with Gasteiger partial charge in [-0.25, -0.2) is 9.18 Å². The van der Waals surface area contributed by atoms with E-state index in [0.717, 1.165) is 19.3 Å². The Bertz CT molecular complexity index is 622. The van der Waals surface area contributed by atoms with Crippen LogP contribution >= 0.6 is 0 Å². The van der Waals surface area contributed by atoms with E-state index in [-0.39, 0.29) is 42.7 Å². The molecule has 1 N–H and O–H groups in total. The number of carbonyl (C=O) groups excluding carboxylic acids is 2. The lowest BCUT2D eigenvalue weighted by Gasteiger charge is -2.42. The molecule has 1 spiro atoms. The average molecular weight is 334 g/mol. The van der Waals surface area contributed by atoms with Gasteiger partial charge < -0.3 is 10.1 Å². The number of rotatable bonds is 4. The molecule has 1 saturated heterocycles. The summed E-state index contributed by atoms with van der Waals surface area (Å²) in [5, 5.41) is 2.96. The minimum Gasteiger partial charge on any atom is -0.492 e. The van der Waals surface area contributed by atoms with Gasteiger partial charge in [-0.15, -0.1) is 0 Å². The first-order chi connectivity index (χ1) is 11.4. The molecule has 1 aliphatic carbocycles. The first-order valence-electron chi connectivity index (χ1n) is 8.47. The van der Waals surface area contributed by atoms with E-state index >= 15 is 0 Å². The monoisotopic (exact) mass is 334 g/mol. The van der Waals surface area contributed by atoms with Crippen molar-refractivity contribution in [2.24, 2.45) is 11.8 Å². The van der Waals surface area contributed by atoms with Gasteiger partial charge in [-0.2, -0.15) is 0 Å². The van der Waals surface area contributed by atoms with Gasteiger partial charge in [-0.05, 0) is 48.9 Å². The zero-order valence-electron chi connectivity index (χ0n) is 14.0. The molecule has 0 bridgehead atoms. The highest BCUT2D eigenvalue weighted by Gasteiger charge is 2.58. The van der Waals surface area contributed by atoms with Crippen molar-refractivity contribution in [1.29, 1.82) is 0 Å². The van der Waals surface area contributed by atoms with Gasteiger partial charge in [0, 0.05) is 0 Å². The number of hydrogen-bond donors (Lipinski definition) is 1. The van der Waals surface area contributed by atoms with Crippen molar-refractivity contribution in [2.45, 2.75) is 38.6 Å². The summed E-state index contributed by atoms with van der Waals surface area (Å²) in [6, 6.07) is 5.32. The van der Waals surface area contributed by atoms with Crippen molar-refractivity contribution >= 4 is 11.9 Å². The van der Waals surface area contributed by atoms with E-state index in [0.29, 0.717) is 5.75 Å². The van der Waals surface area contributed by atoms with Crippen LogP contribution < -0.4 is 10.1 Å². The molecule has 1 heterocycles. The second kappa shape index (κ2) is 6.42. The standard InChI is InChI=1S/C18H23FN2O3/c1-12-4-3-5-13(2)18(12)16(22)21(17(23)20-18)10-11-24-15-8-6-14(19)7-9-15/h6-9,12-13H,3-5,10-11H2,1-2H3,(H,20,23). The van der Waals surface area contributed by atoms with Crippen LogP contribution in [0.2, 0.25) is 0 Å². The Balaban J connectivity index is 1.65. The number of nitrogens with zero attached hydrogens (tertiary/aromatic N) is 1. The van der Waals surface area contributed by atoms with E-state index in [1.54, 1.807) is 0 Å². The molecule has 1 aliphatic heterocycles. The highest BCUT2D eigenvalue weighted by atomic mass is 19.1. The third-order valence-electron chi connectivity index (χ3n) is 5.38. The first-order valence-corrected chi connectivity index (χ1v) is 8.47. The zero-order chi connectivity index (χ0) is 17.3. The molecular weight excluding hydrogens is 311 g/mol. The van der Waals surface area contributed by atoms with Gasteiger partial charge in [-0.1, -0.05) is 20.3 Å². The van der Waals surface area contributed by atoms with Crippen LogP contribution in [0.4, 0.5) is 9.18 Å². The smallest absolute Gasteiger partial charge is 0.325 e. The maximum Gasteiger partial charge on any atom is 0.325 e. The van der Waals surface area contributed by atoms with E-state index in [2.05, 4.69) is 5.32 Å². The number of nitrogens with one attached hydrogen (secondary N) is 1. The van der Waals surface area contributed by atoms with Crippen LogP contribution in [-0.4, -0.2) is 35.5 Å². The molecule has 130 valence electrons. The molecule has 5 nitrogen and oxygen atoms in total. The maximum atomic E-state index is 12.9. The Labute approximate surface area is 141 Å². The van der Waals surface area contributed by atoms with E-state index < -0.39 is 5.54 Å². The van der Waals surface area contributed by atoms with E-state index in [1.807, 2.05) is 13.8 Å². The minimum atomic E-state index is -0.773. The highest BCUT2D eigenvalue weighted by molar-refractivity contribution is 6.07. The largest absolute Gasteiger partial charge is 0.492 e. The fraction of sp³-hybridized carbons (Fsp3) is 0.556. The van der Waals surface area contributed by atoms with E-state index in [1.165, 1.54) is 29.2 Å². The topological polar surface area (TPSA) is 58.6 Å². The van der Waals surface area contributed by atoms with Crippen LogP contribution in [0.5, 0.6) is 5.75 Å². The molecule has 3 rings (SSSR count). The van der Waals surface area contributed by atoms with Crippen molar-refractivity contribution in [1.82, 2.24) is 10.2 Å². The highest BCUT2D eigenvalue weighted by Crippen LogP contribution is 2.42. The van der Waals surface area contributed by atoms with Crippen LogP contribution in [0.15, 0.2) is 24.3 Å². The Hall–Kier alpha value is -2.11. The quantitative estimate of drug-likeness (QED) is 0.861. The number of ether oxygens (including phenoxy) is 1. The number of imide groups is 1. The summed E-state index contributed by atoms with van der Waals surface area (Å²) < 4.78 is 18.4. The fourth-order valence-corrected chi connectivity index (χ4v) is 3.94. The molecule has 2 fully saturated rings. The summed E-state index contributed by atoms with van der Waals surface area (Å²) in [6.45, 7) is 4.44. The van der Waals surface area contributed by atoms with Crippen molar-refractivity contribution in [3.8, 4) is 5.75 Å². The number of benzene rings is 1. The van der Waals surface area contributed by atoms with E-state index in [4.69, 9.17) is 4.74 Å². The molecule has 0 aromatic heterocycles. The molecule has 24 heavy (non-hydrogen) atoms. The van der Waals surface area contributed by atoms with Crippen molar-refractivity contribution in [3.05, 3.63) is 30.1 Å². The Morgan fingerprint density at radius 2 is 1.83 bits per heavy atom. The fourth-order valence-electron chi connectivity index (χ4n) is 3.94. The number of amides is 3. The summed E-state index contributed by atoms with van der Waals surface area (Å²) in [4.78, 5) is 26.5. The Kier molecular flexibility index (Phi) is 4.47. The molecule has 2 unspecified atom stereocenters. The van der Waals surface area contributed by atoms with Gasteiger partial charge in [0.1, 0.15) is 23.7 Å². The van der Waals surface area contributed by atoms with E-state index in [9.17, 15) is 14.0 Å². The third kappa shape index (κ3) is 2.74. The molecular formula is C18H23FN2O3. The molecule has 3 amide bonds. The normalized spacial score (nSPS) is 29.9. The molecule has 1 aromatic rings. The second-order valence-electron chi connectivity index (χ2n) is 6.79. The Morgan fingerprint density at radius 1 is 1.21 bits per heavy atom. The molecule has 0 radical (unpaired) electrons. The van der Waals surface area contributed by atoms with Crippen LogP contribution in [0.1, 0.15) is 33.1 Å². The van der Waals surface area contributed by atoms with Crippen LogP contribution in [-0.2, 0) is 4.79 Å². The van der Waals surface area contributed by atoms with Gasteiger partial charge in [0.15, 0.2) is 0 Å². The van der Waals surface area contributed by atoms with Crippen molar-refractivity contribution in [2.75, 3.05) is 13.2 Å². The van der Waals surface area contributed by atoms with Gasteiger partial charge in [-0.3, -0.25) is 9.69 Å². The Morgan fingerprint density at radius 3 is 2.46 bits per heavy atom. The van der Waals surface area contributed by atoms with Gasteiger partial charge in [0.05, 0.1) is 6.54 Å². The molecule has 1 saturated carbocycles. The lowest BCUT2D eigenvalue weighted by Crippen LogP contribution is -2.58. The zero-order valence-corrected chi connectivity index (χ0v) is 14.0. The molecule has 6 heteroatoms. The summed E-state index contributed by atoms with van der Waals surface area (Å²) in [5.74, 6) is 0.285. The number of hydrogen-bond acceptors (Lipinski definition) is 3. The maximum absolute atomic E-state index is 12.9. The molecule has 1 aromatic carbocycles. The van der Waals surface area contributed by atoms with Crippen molar-refractivity contribution in [3.63, 3.8) is 0 Å². The predicted octanol–water partition coefficient (Wildman–Crippen LogP) is 2.95. The number of urea groups is 1. The van der Waals surface area contributed by atoms with Crippen LogP contribution in [0.3, 0.4) is 0 Å². The van der Waals surface area contributed by atoms with Gasteiger partial charge in [0.25, 0.3) is 5.91 Å². The second-order valence-corrected chi connectivity index (χ2v) is 6.79. The lowest BCUT2D eigenvalue weighted by molar-refractivity contribution is -0.136. The van der Waals surface area contributed by atoms with Crippen LogP contribution in [0.25, 0.3) is 0 Å². The summed E-state index contributed by atoms with van der Waals surface area (Å²) in [7, 11) is 0. The van der Waals surface area contributed by atoms with Gasteiger partial charge in [0.2, 0.25) is 0 Å². The van der Waals surface area contributed by atoms with Crippen LogP contribution in [0, 0.1) is 17.7 Å². The summed E-state index contributed by atoms with van der Waals surface area (Å²) in [5.41, 5.74) is -0.773. The third-order valence-corrected chi connectivity index (χ3v) is 5.38. The minimum absolute atomic E-state index is 0.126. The van der Waals surface area contributed by atoms with Gasteiger partial charge >= 0.3 is 6.03 Å². The molecule has 2 aliphatic rings. The number of halogens is 1. The first kappa shape index (κ1) is 16.7. The predicted molar refractivity (Wildman–Crippen MR) is 87.0 cm³/mol. The lowest BCUT2D eigenvalue weighted by atomic mass is 9.67. The molecule has 2 atom stereocenters. The average Bonchev–Trinajstić information content (AvgIpc) is 2.80. The number of carbonyl (C=O) groups is 2. The SMILES string of the molecule is CC1CCCC(C)C12NC(=O)N(CCOc1ccc(F)cc1)C2=O. The summed E-state index contributed by atoms with van der Waals surface area (Å²) >= 11 is 0. The summed E-state index contributed by atoms with van der Waals surface area (Å²) in [6.07, 6.45) is 2.97.